The van der Waals surface area contributed by atoms with Gasteiger partial charge in [0, 0.05) is 15.9 Å². The molecule has 0 amide bonds. The van der Waals surface area contributed by atoms with Gasteiger partial charge >= 0.3 is 294 Å². The summed E-state index contributed by atoms with van der Waals surface area (Å²) in [6.07, 6.45) is 4.85. The molecule has 3 aromatic heterocycles. The molecule has 0 aliphatic heterocycles. The molecule has 6 heteroatoms. The molecule has 0 fully saturated rings. The van der Waals surface area contributed by atoms with E-state index in [0.29, 0.717) is 28.8 Å². The van der Waals surface area contributed by atoms with Crippen LogP contribution in [0.25, 0.3) is 83.4 Å². The van der Waals surface area contributed by atoms with E-state index >= 15 is 0 Å². The number of benzene rings is 8. The summed E-state index contributed by atoms with van der Waals surface area (Å²) in [6.45, 7) is 6.44. The summed E-state index contributed by atoms with van der Waals surface area (Å²) in [5.41, 5.74) is 15.7. The normalized spacial score (nSPS) is 14.7. The molecule has 0 saturated carbocycles. The van der Waals surface area contributed by atoms with Crippen molar-refractivity contribution in [3.8, 4) is 62.1 Å². The van der Waals surface area contributed by atoms with Crippen LogP contribution in [0.3, 0.4) is 0 Å². The van der Waals surface area contributed by atoms with Gasteiger partial charge in [-0.15, -0.1) is 0 Å². The Hall–Kier alpha value is -7.33. The van der Waals surface area contributed by atoms with Crippen LogP contribution in [0, 0.1) is 28.7 Å². The number of hydrogen-bond acceptors (Lipinski definition) is 2. The zero-order valence-corrected chi connectivity index (χ0v) is 41.8. The average Bonchev–Trinajstić information content (AvgIpc) is 3.87. The first-order chi connectivity index (χ1) is 35.3. The Balaban J connectivity index is 0.985. The fourth-order valence-corrected chi connectivity index (χ4v) is 11.5. The molecule has 0 saturated heterocycles. The van der Waals surface area contributed by atoms with Crippen molar-refractivity contribution in [1.82, 2.24) is 18.7 Å². The van der Waals surface area contributed by atoms with Gasteiger partial charge in [0.25, 0.3) is 0 Å². The summed E-state index contributed by atoms with van der Waals surface area (Å²) in [6, 6.07) is 68.1. The van der Waals surface area contributed by atoms with Gasteiger partial charge in [0.2, 0.25) is 0 Å². The fourth-order valence-electron chi connectivity index (χ4n) is 10.4. The SMILES string of the molecule is [2H]C([2H])([2H])c1cc(-n2c3[c-]c(Oc4[c-]c(-n5[c](=[Pt])n(-c6c(-c7ccccc7)cccc6-c6ccccc6)c6ccccc65)ccc4)ccc3c3cc4c(cc32)CCC(C)C4)ncc1-c1ccc(C(C)(C)C)cc1. The standard InChI is InChI=1S/C64H52N4O.Pt/c1-42-26-27-47-37-60-56(36-48(47)34-42)55-33-32-52(39-61(55)68(60)62-35-43(2)57(40-65-62)46-28-30-49(31-29-46)64(3,4)5)69-51-21-14-20-50(38-51)66-41-67(59-25-13-12-24-58(59)66)63-53(44-16-8-6-9-17-44)22-15-23-54(63)45-18-10-7-11-19-45;/h6-25,28-33,35-37,40,42H,26-27,34H2,1-5H3;/q-2;/i2D3;. The Morgan fingerprint density at radius 2 is 1.27 bits per heavy atom. The number of ether oxygens (including phenoxy) is 1. The van der Waals surface area contributed by atoms with Crippen LogP contribution in [-0.4, -0.2) is 18.7 Å². The molecular weight excluding hydrogens is 1040 g/mol. The van der Waals surface area contributed by atoms with Crippen molar-refractivity contribution in [3.05, 3.63) is 220 Å². The summed E-state index contributed by atoms with van der Waals surface area (Å²) in [5.74, 6) is 2.14. The van der Waals surface area contributed by atoms with Gasteiger partial charge in [0.1, 0.15) is 0 Å². The van der Waals surface area contributed by atoms with Crippen LogP contribution in [-0.2, 0) is 37.6 Å². The second kappa shape index (κ2) is 17.6. The molecule has 0 spiro atoms. The molecule has 11 aromatic rings. The number of aromatic nitrogens is 4. The van der Waals surface area contributed by atoms with Gasteiger partial charge in [-0.3, -0.25) is 0 Å². The zero-order chi connectivity index (χ0) is 50.2. The molecule has 346 valence electrons. The number of rotatable bonds is 8. The van der Waals surface area contributed by atoms with E-state index < -0.39 is 6.85 Å². The smallest absolute Gasteiger partial charge is 0.0622 e. The summed E-state index contributed by atoms with van der Waals surface area (Å²) >= 11 is 2.46. The maximum absolute atomic E-state index is 8.79. The molecule has 1 unspecified atom stereocenters. The Labute approximate surface area is 424 Å². The number of aryl methyl sites for hydroxylation is 2. The number of fused-ring (bicyclic) bond motifs is 5. The van der Waals surface area contributed by atoms with E-state index in [1.54, 1.807) is 12.3 Å². The van der Waals surface area contributed by atoms with Crippen molar-refractivity contribution < 1.29 is 28.2 Å². The number of nitrogens with zero attached hydrogens (tertiary/aromatic N) is 4. The van der Waals surface area contributed by atoms with Gasteiger partial charge in [0.05, 0.1) is 0 Å². The second-order valence-electron chi connectivity index (χ2n) is 19.7. The molecule has 5 nitrogen and oxygen atoms in total. The molecule has 1 aliphatic rings. The Morgan fingerprint density at radius 3 is 1.97 bits per heavy atom. The first-order valence-electron chi connectivity index (χ1n) is 25.6. The zero-order valence-electron chi connectivity index (χ0n) is 42.5. The van der Waals surface area contributed by atoms with Crippen LogP contribution in [0.15, 0.2) is 182 Å². The van der Waals surface area contributed by atoms with E-state index in [9.17, 15) is 0 Å². The van der Waals surface area contributed by atoms with Gasteiger partial charge < -0.3 is 0 Å². The molecule has 1 atom stereocenters. The third-order valence-electron chi connectivity index (χ3n) is 14.0. The summed E-state index contributed by atoms with van der Waals surface area (Å²) < 4.78 is 40.8. The van der Waals surface area contributed by atoms with Crippen LogP contribution in [0.5, 0.6) is 11.5 Å². The molecule has 8 aromatic carbocycles. The van der Waals surface area contributed by atoms with E-state index in [1.165, 1.54) is 16.7 Å². The van der Waals surface area contributed by atoms with Crippen LogP contribution in [0.4, 0.5) is 0 Å². The van der Waals surface area contributed by atoms with Gasteiger partial charge in [-0.1, -0.05) is 52.0 Å². The van der Waals surface area contributed by atoms with Crippen molar-refractivity contribution in [2.75, 3.05) is 0 Å². The Bertz CT molecular complexity index is 3920. The molecule has 0 radical (unpaired) electrons. The van der Waals surface area contributed by atoms with Gasteiger partial charge in [0.15, 0.2) is 0 Å². The molecule has 0 N–H and O–H groups in total. The average molecular weight is 1090 g/mol. The van der Waals surface area contributed by atoms with Crippen molar-refractivity contribution in [3.63, 3.8) is 0 Å². The molecule has 3 heterocycles. The Kier molecular flexibility index (Phi) is 10.2. The number of hydrogen-bond donors (Lipinski definition) is 0. The summed E-state index contributed by atoms with van der Waals surface area (Å²) in [7, 11) is 0. The Morgan fingerprint density at radius 1 is 0.614 bits per heavy atom. The molecule has 70 heavy (non-hydrogen) atoms. The number of pyridine rings is 1. The van der Waals surface area contributed by atoms with E-state index in [1.807, 2.05) is 30.3 Å². The summed E-state index contributed by atoms with van der Waals surface area (Å²) in [5, 5.41) is 2.06. The minimum Gasteiger partial charge on any atom is -0.0622 e. The van der Waals surface area contributed by atoms with Crippen molar-refractivity contribution in [1.29, 1.82) is 0 Å². The van der Waals surface area contributed by atoms with Gasteiger partial charge in [-0.25, -0.2) is 0 Å². The van der Waals surface area contributed by atoms with Crippen LogP contribution >= 0.6 is 0 Å². The fraction of sp³-hybridized carbons (Fsp3) is 0.156. The summed E-state index contributed by atoms with van der Waals surface area (Å²) in [4.78, 5) is 5.07. The minimum absolute atomic E-state index is 0.0371. The van der Waals surface area contributed by atoms with E-state index in [4.69, 9.17) is 13.8 Å². The van der Waals surface area contributed by atoms with E-state index in [-0.39, 0.29) is 11.0 Å². The topological polar surface area (TPSA) is 36.9 Å². The van der Waals surface area contributed by atoms with Gasteiger partial charge in [-0.2, -0.15) is 0 Å². The van der Waals surface area contributed by atoms with Crippen molar-refractivity contribution in [2.24, 2.45) is 5.92 Å². The predicted molar refractivity (Wildman–Crippen MR) is 283 cm³/mol. The third-order valence-corrected chi connectivity index (χ3v) is 15.0. The van der Waals surface area contributed by atoms with E-state index in [0.717, 1.165) is 95.1 Å². The second-order valence-corrected chi connectivity index (χ2v) is 20.7. The quantitative estimate of drug-likeness (QED) is 0.142. The minimum atomic E-state index is -2.40. The molecule has 12 rings (SSSR count). The number of para-hydroxylation sites is 3. The predicted octanol–water partition coefficient (Wildman–Crippen LogP) is 16.1. The monoisotopic (exact) mass is 1090 g/mol. The van der Waals surface area contributed by atoms with Crippen LogP contribution in [0.1, 0.15) is 60.5 Å². The molecule has 1 aliphatic carbocycles. The van der Waals surface area contributed by atoms with Gasteiger partial charge in [-0.05, 0) is 65.3 Å². The van der Waals surface area contributed by atoms with E-state index in [2.05, 4.69) is 212 Å². The number of imidazole rings is 1. The van der Waals surface area contributed by atoms with Crippen molar-refractivity contribution in [2.45, 2.75) is 59.2 Å². The maximum atomic E-state index is 8.79. The third kappa shape index (κ3) is 7.78. The van der Waals surface area contributed by atoms with Crippen molar-refractivity contribution >= 4 is 32.8 Å². The first-order valence-corrected chi connectivity index (χ1v) is 25.2. The van der Waals surface area contributed by atoms with Crippen LogP contribution in [0.2, 0.25) is 0 Å². The molecule has 0 bridgehead atoms. The first kappa shape index (κ1) is 40.5. The molecular formula is C64H52N4OPt-2. The van der Waals surface area contributed by atoms with Crippen LogP contribution < -0.4 is 4.74 Å².